The number of thioether (sulfide) groups is 1. The summed E-state index contributed by atoms with van der Waals surface area (Å²) in [5.74, 6) is 0. The smallest absolute Gasteiger partial charge is 0.224 e. The molecule has 0 saturated heterocycles. The van der Waals surface area contributed by atoms with Gasteiger partial charge >= 0.3 is 0 Å². The molecule has 0 amide bonds. The zero-order chi connectivity index (χ0) is 14.5. The van der Waals surface area contributed by atoms with Crippen molar-refractivity contribution in [2.45, 2.75) is 9.79 Å². The molecule has 0 heterocycles. The molecule has 0 aliphatic heterocycles. The molecule has 0 spiro atoms. The predicted octanol–water partition coefficient (Wildman–Crippen LogP) is 2.72. The lowest BCUT2D eigenvalue weighted by atomic mass is 10.2. The Bertz CT molecular complexity index is 709. The number of rotatable bonds is 3. The normalized spacial score (nSPS) is 11.8. The molecular formula is C15H12O3S2. The minimum atomic E-state index is -1.07. The summed E-state index contributed by atoms with van der Waals surface area (Å²) in [5.41, 5.74) is 0.301. The van der Waals surface area contributed by atoms with Gasteiger partial charge in [-0.05, 0) is 48.2 Å². The first kappa shape index (κ1) is 14.7. The van der Waals surface area contributed by atoms with Gasteiger partial charge in [-0.2, -0.15) is 0 Å². The number of hydrogen-bond donors (Lipinski definition) is 0. The van der Waals surface area contributed by atoms with Crippen LogP contribution in [-0.2, 0) is 10.8 Å². The molecule has 0 saturated carbocycles. The predicted molar refractivity (Wildman–Crippen MR) is 81.7 cm³/mol. The SMILES string of the molecule is CS(=O)c1ccc(C(=O)Sc2cccccc2=O)cc1. The maximum Gasteiger partial charge on any atom is 0.224 e. The van der Waals surface area contributed by atoms with Crippen LogP contribution in [0.5, 0.6) is 0 Å². The fourth-order valence-corrected chi connectivity index (χ4v) is 2.83. The van der Waals surface area contributed by atoms with E-state index in [9.17, 15) is 13.8 Å². The largest absolute Gasteiger partial charge is 0.289 e. The zero-order valence-electron chi connectivity index (χ0n) is 10.7. The Hall–Kier alpha value is -1.72. The Morgan fingerprint density at radius 3 is 2.30 bits per heavy atom. The monoisotopic (exact) mass is 304 g/mol. The molecule has 2 rings (SSSR count). The molecule has 0 bridgehead atoms. The van der Waals surface area contributed by atoms with E-state index in [2.05, 4.69) is 0 Å². The van der Waals surface area contributed by atoms with E-state index in [0.29, 0.717) is 15.4 Å². The second-order valence-corrected chi connectivity index (χ2v) is 6.40. The Balaban J connectivity index is 2.22. The van der Waals surface area contributed by atoms with Crippen molar-refractivity contribution < 1.29 is 9.00 Å². The van der Waals surface area contributed by atoms with Crippen molar-refractivity contribution in [1.29, 1.82) is 0 Å². The fraction of sp³-hybridized carbons (Fsp3) is 0.0667. The molecule has 0 fully saturated rings. The van der Waals surface area contributed by atoms with Crippen molar-refractivity contribution in [1.82, 2.24) is 0 Å². The molecule has 0 radical (unpaired) electrons. The van der Waals surface area contributed by atoms with Gasteiger partial charge in [0.15, 0.2) is 5.43 Å². The topological polar surface area (TPSA) is 51.2 Å². The summed E-state index contributed by atoms with van der Waals surface area (Å²) in [5, 5.41) is -0.207. The fourth-order valence-electron chi connectivity index (χ4n) is 1.54. The van der Waals surface area contributed by atoms with Gasteiger partial charge in [-0.25, -0.2) is 0 Å². The summed E-state index contributed by atoms with van der Waals surface area (Å²) in [6.07, 6.45) is 1.58. The minimum absolute atomic E-state index is 0.181. The third-order valence-corrected chi connectivity index (χ3v) is 4.50. The molecular weight excluding hydrogens is 292 g/mol. The van der Waals surface area contributed by atoms with Gasteiger partial charge in [0.25, 0.3) is 0 Å². The second-order valence-electron chi connectivity index (χ2n) is 4.01. The van der Waals surface area contributed by atoms with E-state index < -0.39 is 10.8 Å². The van der Waals surface area contributed by atoms with Crippen LogP contribution in [-0.4, -0.2) is 15.6 Å². The maximum atomic E-state index is 12.1. The molecule has 1 atom stereocenters. The first-order valence-electron chi connectivity index (χ1n) is 5.83. The number of hydrogen-bond acceptors (Lipinski definition) is 4. The highest BCUT2D eigenvalue weighted by molar-refractivity contribution is 8.14. The molecule has 3 nitrogen and oxygen atoms in total. The highest BCUT2D eigenvalue weighted by Gasteiger charge is 2.10. The minimum Gasteiger partial charge on any atom is -0.289 e. The van der Waals surface area contributed by atoms with Crippen molar-refractivity contribution in [3.8, 4) is 0 Å². The molecule has 0 N–H and O–H groups in total. The maximum absolute atomic E-state index is 12.1. The summed E-state index contributed by atoms with van der Waals surface area (Å²) in [7, 11) is -1.07. The lowest BCUT2D eigenvalue weighted by molar-refractivity contribution is 0.108. The summed E-state index contributed by atoms with van der Waals surface area (Å²) in [6.45, 7) is 0. The first-order valence-corrected chi connectivity index (χ1v) is 8.20. The van der Waals surface area contributed by atoms with Crippen LogP contribution in [0.4, 0.5) is 0 Å². The Labute approximate surface area is 123 Å². The summed E-state index contributed by atoms with van der Waals surface area (Å²) < 4.78 is 11.3. The van der Waals surface area contributed by atoms with Crippen molar-refractivity contribution in [3.05, 3.63) is 70.4 Å². The molecule has 5 heteroatoms. The van der Waals surface area contributed by atoms with Crippen LogP contribution in [0, 0.1) is 0 Å². The van der Waals surface area contributed by atoms with Crippen LogP contribution in [0.3, 0.4) is 0 Å². The van der Waals surface area contributed by atoms with Crippen molar-refractivity contribution in [3.63, 3.8) is 0 Å². The van der Waals surface area contributed by atoms with Crippen LogP contribution in [0.1, 0.15) is 10.4 Å². The average Bonchev–Trinajstić information content (AvgIpc) is 2.64. The van der Waals surface area contributed by atoms with E-state index in [1.165, 1.54) is 6.07 Å². The van der Waals surface area contributed by atoms with E-state index in [4.69, 9.17) is 0 Å². The Morgan fingerprint density at radius 2 is 1.65 bits per heavy atom. The summed E-state index contributed by atoms with van der Waals surface area (Å²) in [4.78, 5) is 24.9. The average molecular weight is 304 g/mol. The molecule has 0 aliphatic rings. The van der Waals surface area contributed by atoms with Gasteiger partial charge in [-0.3, -0.25) is 13.8 Å². The quantitative estimate of drug-likeness (QED) is 0.818. The third kappa shape index (κ3) is 3.65. The molecule has 2 aromatic rings. The molecule has 2 aromatic carbocycles. The van der Waals surface area contributed by atoms with Gasteiger partial charge in [-0.1, -0.05) is 18.2 Å². The third-order valence-electron chi connectivity index (χ3n) is 2.58. The summed E-state index contributed by atoms with van der Waals surface area (Å²) >= 11 is 0.904. The highest BCUT2D eigenvalue weighted by Crippen LogP contribution is 2.20. The Kier molecular flexibility index (Phi) is 4.87. The molecule has 0 aromatic heterocycles. The van der Waals surface area contributed by atoms with Gasteiger partial charge in [0.2, 0.25) is 5.12 Å². The van der Waals surface area contributed by atoms with E-state index in [-0.39, 0.29) is 10.5 Å². The van der Waals surface area contributed by atoms with Gasteiger partial charge in [0.05, 0.1) is 4.90 Å². The van der Waals surface area contributed by atoms with Crippen molar-refractivity contribution >= 4 is 27.7 Å². The van der Waals surface area contributed by atoms with E-state index in [0.717, 1.165) is 11.8 Å². The van der Waals surface area contributed by atoms with Crippen LogP contribution in [0.2, 0.25) is 0 Å². The van der Waals surface area contributed by atoms with E-state index in [1.807, 2.05) is 0 Å². The van der Waals surface area contributed by atoms with Crippen LogP contribution >= 0.6 is 11.8 Å². The summed E-state index contributed by atoms with van der Waals surface area (Å²) in [6, 6.07) is 14.7. The second kappa shape index (κ2) is 6.63. The van der Waals surface area contributed by atoms with Crippen LogP contribution in [0.25, 0.3) is 0 Å². The lowest BCUT2D eigenvalue weighted by Gasteiger charge is -2.01. The zero-order valence-corrected chi connectivity index (χ0v) is 12.4. The Morgan fingerprint density at radius 1 is 1.00 bits per heavy atom. The number of carbonyl (C=O) groups is 1. The standard InChI is InChI=1S/C15H12O3S2/c1-20(18)12-9-7-11(8-10-12)15(17)19-14-6-4-2-3-5-13(14)16/h2-10H,1H3. The molecule has 20 heavy (non-hydrogen) atoms. The molecule has 0 aliphatic carbocycles. The van der Waals surface area contributed by atoms with Crippen LogP contribution < -0.4 is 5.43 Å². The molecule has 1 unspecified atom stereocenters. The van der Waals surface area contributed by atoms with Crippen LogP contribution in [0.15, 0.2) is 69.2 Å². The van der Waals surface area contributed by atoms with E-state index >= 15 is 0 Å². The molecule has 102 valence electrons. The number of carbonyl (C=O) groups excluding carboxylic acids is 1. The van der Waals surface area contributed by atoms with Crippen molar-refractivity contribution in [2.24, 2.45) is 0 Å². The number of benzene rings is 1. The van der Waals surface area contributed by atoms with Gasteiger partial charge in [-0.15, -0.1) is 0 Å². The van der Waals surface area contributed by atoms with E-state index in [1.54, 1.807) is 54.8 Å². The highest BCUT2D eigenvalue weighted by atomic mass is 32.2. The first-order chi connectivity index (χ1) is 9.58. The lowest BCUT2D eigenvalue weighted by Crippen LogP contribution is -2.01. The van der Waals surface area contributed by atoms with Gasteiger partial charge < -0.3 is 0 Å². The van der Waals surface area contributed by atoms with Gasteiger partial charge in [0.1, 0.15) is 0 Å². The van der Waals surface area contributed by atoms with Gasteiger partial charge in [0, 0.05) is 27.5 Å². The van der Waals surface area contributed by atoms with Crippen molar-refractivity contribution in [2.75, 3.05) is 6.26 Å².